The molecule has 1 atom stereocenters. The van der Waals surface area contributed by atoms with Gasteiger partial charge in [0.1, 0.15) is 0 Å². The van der Waals surface area contributed by atoms with Gasteiger partial charge in [-0.3, -0.25) is 9.69 Å². The first kappa shape index (κ1) is 17.5. The molecule has 0 bridgehead atoms. The van der Waals surface area contributed by atoms with Crippen molar-refractivity contribution in [3.8, 4) is 0 Å². The molecule has 2 aliphatic rings. The number of halogens is 1. The highest BCUT2D eigenvalue weighted by Gasteiger charge is 2.34. The molecular weight excluding hydrogens is 368 g/mol. The number of carbonyl (C=O) groups is 1. The van der Waals surface area contributed by atoms with E-state index in [0.717, 1.165) is 31.5 Å². The number of hydrogen-bond acceptors (Lipinski definition) is 3. The number of nitrogens with two attached hydrogens (primary N) is 1. The van der Waals surface area contributed by atoms with Gasteiger partial charge in [0.15, 0.2) is 5.78 Å². The van der Waals surface area contributed by atoms with Crippen LogP contribution in [0.4, 0.5) is 5.69 Å². The summed E-state index contributed by atoms with van der Waals surface area (Å²) in [7, 11) is 0. The number of anilines is 1. The molecular formula is C24H21ClN2O. The smallest absolute Gasteiger partial charge is 0.195 e. The van der Waals surface area contributed by atoms with E-state index >= 15 is 0 Å². The number of carbonyl (C=O) groups excluding carboxylic acids is 1. The van der Waals surface area contributed by atoms with Crippen molar-refractivity contribution in [2.24, 2.45) is 0 Å². The van der Waals surface area contributed by atoms with Gasteiger partial charge in [0.2, 0.25) is 0 Å². The molecule has 0 fully saturated rings. The predicted molar refractivity (Wildman–Crippen MR) is 113 cm³/mol. The van der Waals surface area contributed by atoms with Crippen LogP contribution in [0, 0.1) is 0 Å². The van der Waals surface area contributed by atoms with Crippen LogP contribution in [0.3, 0.4) is 0 Å². The Bertz CT molecular complexity index is 1070. The minimum atomic E-state index is -0.0506. The minimum Gasteiger partial charge on any atom is -0.398 e. The summed E-state index contributed by atoms with van der Waals surface area (Å²) in [6, 6.07) is 19.8. The predicted octanol–water partition coefficient (Wildman–Crippen LogP) is 4.81. The molecule has 5 rings (SSSR count). The zero-order valence-electron chi connectivity index (χ0n) is 15.5. The molecule has 0 aromatic heterocycles. The molecule has 0 saturated heterocycles. The standard InChI is InChI=1S/C24H21ClN2O/c25-19-8-5-16(6-9-19)24(28)20-10-7-15-11-12-27-14-18-4-2-1-3-17(18)13-21(27)22(15)23(20)26/h1-10,21H,11-14,26H2. The number of ketones is 1. The Balaban J connectivity index is 1.57. The van der Waals surface area contributed by atoms with Crippen molar-refractivity contribution < 1.29 is 4.79 Å². The highest BCUT2D eigenvalue weighted by molar-refractivity contribution is 6.30. The van der Waals surface area contributed by atoms with Crippen LogP contribution < -0.4 is 5.73 Å². The molecule has 2 N–H and O–H groups in total. The Hall–Kier alpha value is -2.62. The molecule has 2 aliphatic heterocycles. The van der Waals surface area contributed by atoms with Gasteiger partial charge < -0.3 is 5.73 Å². The van der Waals surface area contributed by atoms with Gasteiger partial charge in [0.25, 0.3) is 0 Å². The van der Waals surface area contributed by atoms with Crippen molar-refractivity contribution in [3.63, 3.8) is 0 Å². The van der Waals surface area contributed by atoms with Crippen LogP contribution in [0.2, 0.25) is 5.02 Å². The Morgan fingerprint density at radius 1 is 0.964 bits per heavy atom. The second-order valence-corrected chi connectivity index (χ2v) is 8.08. The quantitative estimate of drug-likeness (QED) is 0.506. The maximum atomic E-state index is 13.1. The topological polar surface area (TPSA) is 46.3 Å². The van der Waals surface area contributed by atoms with E-state index < -0.39 is 0 Å². The third-order valence-electron chi connectivity index (χ3n) is 6.08. The summed E-state index contributed by atoms with van der Waals surface area (Å²) >= 11 is 5.96. The summed E-state index contributed by atoms with van der Waals surface area (Å²) < 4.78 is 0. The van der Waals surface area contributed by atoms with Gasteiger partial charge in [-0.15, -0.1) is 0 Å². The van der Waals surface area contributed by atoms with E-state index in [-0.39, 0.29) is 11.8 Å². The Morgan fingerprint density at radius 3 is 2.50 bits per heavy atom. The van der Waals surface area contributed by atoms with Gasteiger partial charge in [-0.2, -0.15) is 0 Å². The third-order valence-corrected chi connectivity index (χ3v) is 6.33. The lowest BCUT2D eigenvalue weighted by Gasteiger charge is -2.42. The fourth-order valence-corrected chi connectivity index (χ4v) is 4.73. The van der Waals surface area contributed by atoms with Crippen LogP contribution in [-0.4, -0.2) is 17.2 Å². The largest absolute Gasteiger partial charge is 0.398 e. The molecule has 3 nitrogen and oxygen atoms in total. The van der Waals surface area contributed by atoms with E-state index in [1.807, 2.05) is 6.07 Å². The number of hydrogen-bond donors (Lipinski definition) is 1. The molecule has 140 valence electrons. The van der Waals surface area contributed by atoms with E-state index in [9.17, 15) is 4.79 Å². The molecule has 0 aliphatic carbocycles. The van der Waals surface area contributed by atoms with E-state index in [2.05, 4.69) is 35.2 Å². The fourth-order valence-electron chi connectivity index (χ4n) is 4.61. The van der Waals surface area contributed by atoms with Gasteiger partial charge in [-0.05, 0) is 65.4 Å². The lowest BCUT2D eigenvalue weighted by molar-refractivity contribution is 0.103. The number of nitrogen functional groups attached to an aromatic ring is 1. The molecule has 0 amide bonds. The van der Waals surface area contributed by atoms with Crippen LogP contribution in [0.1, 0.15) is 44.2 Å². The molecule has 4 heteroatoms. The van der Waals surface area contributed by atoms with Crippen LogP contribution >= 0.6 is 11.6 Å². The number of benzene rings is 3. The van der Waals surface area contributed by atoms with Crippen LogP contribution in [0.25, 0.3) is 0 Å². The van der Waals surface area contributed by atoms with Crippen LogP contribution in [-0.2, 0) is 19.4 Å². The Morgan fingerprint density at radius 2 is 1.71 bits per heavy atom. The van der Waals surface area contributed by atoms with Crippen molar-refractivity contribution in [1.82, 2.24) is 4.90 Å². The lowest BCUT2D eigenvalue weighted by Crippen LogP contribution is -2.40. The first-order chi connectivity index (χ1) is 13.6. The SMILES string of the molecule is Nc1c(C(=O)c2ccc(Cl)cc2)ccc2c1C1Cc3ccccc3CN1CC2. The number of fused-ring (bicyclic) bond motifs is 4. The Labute approximate surface area is 169 Å². The molecule has 1 unspecified atom stereocenters. The summed E-state index contributed by atoms with van der Waals surface area (Å²) in [6.07, 6.45) is 1.90. The normalized spacial score (nSPS) is 18.1. The van der Waals surface area contributed by atoms with Crippen molar-refractivity contribution in [3.05, 3.63) is 99.1 Å². The Kier molecular flexibility index (Phi) is 4.22. The van der Waals surface area contributed by atoms with Crippen LogP contribution in [0.5, 0.6) is 0 Å². The summed E-state index contributed by atoms with van der Waals surface area (Å²) in [5, 5.41) is 0.617. The third kappa shape index (κ3) is 2.83. The first-order valence-corrected chi connectivity index (χ1v) is 10.0. The number of nitrogens with zero attached hydrogens (tertiary/aromatic N) is 1. The van der Waals surface area contributed by atoms with Crippen molar-refractivity contribution in [1.29, 1.82) is 0 Å². The summed E-state index contributed by atoms with van der Waals surface area (Å²) in [5.74, 6) is -0.0506. The zero-order valence-corrected chi connectivity index (χ0v) is 16.2. The average molecular weight is 389 g/mol. The van der Waals surface area contributed by atoms with E-state index in [1.165, 1.54) is 16.7 Å². The van der Waals surface area contributed by atoms with Crippen molar-refractivity contribution in [2.45, 2.75) is 25.4 Å². The van der Waals surface area contributed by atoms with Gasteiger partial charge in [0.05, 0.1) is 0 Å². The second-order valence-electron chi connectivity index (χ2n) is 7.64. The molecule has 0 saturated carbocycles. The molecule has 0 spiro atoms. The highest BCUT2D eigenvalue weighted by atomic mass is 35.5. The van der Waals surface area contributed by atoms with E-state index in [4.69, 9.17) is 17.3 Å². The van der Waals surface area contributed by atoms with E-state index in [0.29, 0.717) is 21.8 Å². The molecule has 0 radical (unpaired) electrons. The summed E-state index contributed by atoms with van der Waals surface area (Å²) in [4.78, 5) is 15.6. The van der Waals surface area contributed by atoms with Gasteiger partial charge in [-0.25, -0.2) is 0 Å². The average Bonchev–Trinajstić information content (AvgIpc) is 2.72. The van der Waals surface area contributed by atoms with E-state index in [1.54, 1.807) is 24.3 Å². The summed E-state index contributed by atoms with van der Waals surface area (Å²) in [5.41, 5.74) is 13.6. The first-order valence-electron chi connectivity index (χ1n) is 9.64. The van der Waals surface area contributed by atoms with Crippen molar-refractivity contribution in [2.75, 3.05) is 12.3 Å². The minimum absolute atomic E-state index is 0.0506. The van der Waals surface area contributed by atoms with Gasteiger partial charge in [0, 0.05) is 41.0 Å². The van der Waals surface area contributed by atoms with Gasteiger partial charge in [-0.1, -0.05) is 41.9 Å². The monoisotopic (exact) mass is 388 g/mol. The maximum absolute atomic E-state index is 13.1. The second kappa shape index (κ2) is 6.77. The van der Waals surface area contributed by atoms with Gasteiger partial charge >= 0.3 is 0 Å². The van der Waals surface area contributed by atoms with Crippen LogP contribution in [0.15, 0.2) is 60.7 Å². The molecule has 2 heterocycles. The molecule has 3 aromatic rings. The molecule has 3 aromatic carbocycles. The van der Waals surface area contributed by atoms with Crippen molar-refractivity contribution >= 4 is 23.1 Å². The maximum Gasteiger partial charge on any atom is 0.195 e. The highest BCUT2D eigenvalue weighted by Crippen LogP contribution is 2.42. The zero-order chi connectivity index (χ0) is 19.3. The molecule has 28 heavy (non-hydrogen) atoms. The number of rotatable bonds is 2. The lowest BCUT2D eigenvalue weighted by atomic mass is 9.81. The summed E-state index contributed by atoms with van der Waals surface area (Å²) in [6.45, 7) is 1.96. The fraction of sp³-hybridized carbons (Fsp3) is 0.208.